The normalized spacial score (nSPS) is 13.4. The largest absolute Gasteiger partial charge is 0.369 e. The minimum absolute atomic E-state index is 0.116. The Morgan fingerprint density at radius 3 is 2.55 bits per heavy atom. The number of hydrogen-bond donors (Lipinski definition) is 2. The monoisotopic (exact) mass is 508 g/mol. The van der Waals surface area contributed by atoms with E-state index in [9.17, 15) is 4.79 Å². The van der Waals surface area contributed by atoms with Crippen LogP contribution in [0.1, 0.15) is 36.1 Å². The lowest BCUT2D eigenvalue weighted by atomic mass is 10.1. The predicted molar refractivity (Wildman–Crippen MR) is 149 cm³/mol. The Bertz CT molecular complexity index is 1400. The van der Waals surface area contributed by atoms with Crippen molar-refractivity contribution in [3.05, 3.63) is 83.6 Å². The molecule has 0 saturated carbocycles. The first kappa shape index (κ1) is 25.4. The van der Waals surface area contributed by atoms with Crippen LogP contribution in [0, 0.1) is 6.92 Å². The molecule has 3 aromatic heterocycles. The Balaban J connectivity index is 1.34. The van der Waals surface area contributed by atoms with Crippen LogP contribution in [0.3, 0.4) is 0 Å². The van der Waals surface area contributed by atoms with E-state index >= 15 is 0 Å². The highest BCUT2D eigenvalue weighted by Crippen LogP contribution is 2.21. The van der Waals surface area contributed by atoms with Crippen molar-refractivity contribution in [1.82, 2.24) is 30.2 Å². The van der Waals surface area contributed by atoms with Gasteiger partial charge in [0, 0.05) is 69.1 Å². The smallest absolute Gasteiger partial charge is 0.180 e. The lowest BCUT2D eigenvalue weighted by Crippen LogP contribution is -2.43. The Hall–Kier alpha value is -4.24. The summed E-state index contributed by atoms with van der Waals surface area (Å²) in [7, 11) is 0. The number of carbonyl (C=O) groups excluding carboxylic acids is 1. The molecular formula is C29H32N8O. The van der Waals surface area contributed by atoms with Crippen molar-refractivity contribution >= 4 is 23.1 Å². The van der Waals surface area contributed by atoms with Crippen LogP contribution in [0.5, 0.6) is 0 Å². The summed E-state index contributed by atoms with van der Waals surface area (Å²) in [4.78, 5) is 37.6. The molecule has 5 rings (SSSR count). The van der Waals surface area contributed by atoms with Crippen molar-refractivity contribution in [2.75, 3.05) is 36.4 Å². The van der Waals surface area contributed by atoms with Crippen molar-refractivity contribution in [2.45, 2.75) is 33.1 Å². The lowest BCUT2D eigenvalue weighted by Gasteiger charge is -2.29. The second-order valence-corrected chi connectivity index (χ2v) is 9.36. The van der Waals surface area contributed by atoms with Gasteiger partial charge in [0.1, 0.15) is 28.9 Å². The van der Waals surface area contributed by atoms with Gasteiger partial charge in [-0.2, -0.15) is 0 Å². The Labute approximate surface area is 222 Å². The third-order valence-electron chi connectivity index (χ3n) is 6.41. The molecular weight excluding hydrogens is 476 g/mol. The van der Waals surface area contributed by atoms with Gasteiger partial charge in [0.2, 0.25) is 0 Å². The van der Waals surface area contributed by atoms with Gasteiger partial charge in [0.05, 0.1) is 5.69 Å². The third-order valence-corrected chi connectivity index (χ3v) is 6.41. The number of Topliss-reactive ketones (excluding diaryl/α,β-unsaturated/α-hetero) is 1. The molecule has 1 aliphatic heterocycles. The number of aryl methyl sites for hydroxylation is 1. The van der Waals surface area contributed by atoms with Crippen molar-refractivity contribution in [1.29, 1.82) is 0 Å². The summed E-state index contributed by atoms with van der Waals surface area (Å²) in [6.45, 7) is 7.85. The van der Waals surface area contributed by atoms with Crippen LogP contribution >= 0.6 is 0 Å². The lowest BCUT2D eigenvalue weighted by molar-refractivity contribution is -0.118. The Morgan fingerprint density at radius 1 is 0.974 bits per heavy atom. The van der Waals surface area contributed by atoms with Gasteiger partial charge in [-0.3, -0.25) is 4.79 Å². The quantitative estimate of drug-likeness (QED) is 0.348. The van der Waals surface area contributed by atoms with Crippen LogP contribution in [0.4, 0.5) is 17.3 Å². The fourth-order valence-electron chi connectivity index (χ4n) is 4.38. The van der Waals surface area contributed by atoms with Crippen LogP contribution in [0.2, 0.25) is 0 Å². The van der Waals surface area contributed by atoms with Crippen molar-refractivity contribution in [3.63, 3.8) is 0 Å². The van der Waals surface area contributed by atoms with E-state index in [1.54, 1.807) is 18.3 Å². The van der Waals surface area contributed by atoms with Gasteiger partial charge in [0.15, 0.2) is 5.82 Å². The molecule has 0 unspecified atom stereocenters. The maximum absolute atomic E-state index is 12.2. The van der Waals surface area contributed by atoms with Crippen molar-refractivity contribution in [3.8, 4) is 11.5 Å². The molecule has 2 N–H and O–H groups in total. The highest BCUT2D eigenvalue weighted by atomic mass is 16.1. The van der Waals surface area contributed by atoms with E-state index in [4.69, 9.17) is 4.98 Å². The van der Waals surface area contributed by atoms with Gasteiger partial charge in [-0.05, 0) is 42.8 Å². The number of aromatic nitrogens is 5. The zero-order valence-electron chi connectivity index (χ0n) is 21.8. The molecule has 0 radical (unpaired) electrons. The molecule has 9 heteroatoms. The summed E-state index contributed by atoms with van der Waals surface area (Å²) >= 11 is 0. The van der Waals surface area contributed by atoms with Crippen LogP contribution in [0.25, 0.3) is 11.5 Å². The fourth-order valence-corrected chi connectivity index (χ4v) is 4.38. The molecule has 1 saturated heterocycles. The van der Waals surface area contributed by atoms with E-state index in [-0.39, 0.29) is 12.2 Å². The van der Waals surface area contributed by atoms with Crippen LogP contribution < -0.4 is 15.5 Å². The van der Waals surface area contributed by atoms with Gasteiger partial charge in [-0.1, -0.05) is 25.1 Å². The molecule has 9 nitrogen and oxygen atoms in total. The van der Waals surface area contributed by atoms with E-state index < -0.39 is 0 Å². The number of pyridine rings is 1. The number of carbonyl (C=O) groups is 1. The van der Waals surface area contributed by atoms with Gasteiger partial charge in [-0.25, -0.2) is 24.9 Å². The SMILES string of the molecule is CCC(=O)Cc1cc(Nc2ccnc(Cc3ccc(N4CCNCC4)cc3)n2)nc(-c2cccc(C)n2)n1. The summed E-state index contributed by atoms with van der Waals surface area (Å²) in [5, 5.41) is 6.67. The number of rotatable bonds is 9. The van der Waals surface area contributed by atoms with E-state index in [2.05, 4.69) is 59.7 Å². The maximum atomic E-state index is 12.2. The summed E-state index contributed by atoms with van der Waals surface area (Å²) in [5.74, 6) is 2.48. The molecule has 4 aromatic rings. The summed E-state index contributed by atoms with van der Waals surface area (Å²) < 4.78 is 0. The van der Waals surface area contributed by atoms with Crippen LogP contribution in [-0.4, -0.2) is 56.9 Å². The first-order valence-corrected chi connectivity index (χ1v) is 13.0. The van der Waals surface area contributed by atoms with Gasteiger partial charge < -0.3 is 15.5 Å². The molecule has 1 aromatic carbocycles. The zero-order valence-corrected chi connectivity index (χ0v) is 21.8. The third kappa shape index (κ3) is 6.54. The average Bonchev–Trinajstić information content (AvgIpc) is 2.94. The van der Waals surface area contributed by atoms with Crippen LogP contribution in [-0.2, 0) is 17.6 Å². The summed E-state index contributed by atoms with van der Waals surface area (Å²) in [6.07, 6.45) is 3.06. The molecule has 1 aliphatic rings. The fraction of sp³-hybridized carbons (Fsp3) is 0.310. The number of hydrogen-bond acceptors (Lipinski definition) is 9. The molecule has 0 amide bonds. The van der Waals surface area contributed by atoms with E-state index in [0.717, 1.165) is 37.4 Å². The molecule has 0 atom stereocenters. The maximum Gasteiger partial charge on any atom is 0.180 e. The van der Waals surface area contributed by atoms with Crippen molar-refractivity contribution < 1.29 is 4.79 Å². The average molecular weight is 509 g/mol. The Morgan fingerprint density at radius 2 is 1.79 bits per heavy atom. The second kappa shape index (κ2) is 11.9. The van der Waals surface area contributed by atoms with Crippen LogP contribution in [0.15, 0.2) is 60.8 Å². The van der Waals surface area contributed by atoms with E-state index in [1.807, 2.05) is 32.0 Å². The molecule has 1 fully saturated rings. The number of nitrogens with one attached hydrogen (secondary N) is 2. The summed E-state index contributed by atoms with van der Waals surface area (Å²) in [5.41, 5.74) is 4.57. The molecule has 4 heterocycles. The van der Waals surface area contributed by atoms with E-state index in [1.165, 1.54) is 5.69 Å². The number of piperazine rings is 1. The molecule has 0 aliphatic carbocycles. The molecule has 0 spiro atoms. The summed E-state index contributed by atoms with van der Waals surface area (Å²) in [6, 6.07) is 17.9. The number of nitrogens with zero attached hydrogens (tertiary/aromatic N) is 6. The highest BCUT2D eigenvalue weighted by molar-refractivity contribution is 5.80. The van der Waals surface area contributed by atoms with Gasteiger partial charge in [-0.15, -0.1) is 0 Å². The topological polar surface area (TPSA) is 109 Å². The number of benzene rings is 1. The minimum Gasteiger partial charge on any atom is -0.369 e. The first-order valence-electron chi connectivity index (χ1n) is 13.0. The zero-order chi connectivity index (χ0) is 26.3. The van der Waals surface area contributed by atoms with Gasteiger partial charge >= 0.3 is 0 Å². The number of anilines is 3. The molecule has 0 bridgehead atoms. The standard InChI is InChI=1S/C29H32N8O/c1-3-24(38)18-22-19-28(36-29(33-22)25-6-4-5-20(2)32-25)35-26-11-12-31-27(34-26)17-21-7-9-23(10-8-21)37-15-13-30-14-16-37/h4-12,19,30H,3,13-18H2,1-2H3,(H,31,33,34,35,36). The second-order valence-electron chi connectivity index (χ2n) is 9.36. The predicted octanol–water partition coefficient (Wildman–Crippen LogP) is 3.90. The van der Waals surface area contributed by atoms with Gasteiger partial charge in [0.25, 0.3) is 0 Å². The highest BCUT2D eigenvalue weighted by Gasteiger charge is 2.13. The Kier molecular flexibility index (Phi) is 7.94. The van der Waals surface area contributed by atoms with E-state index in [0.29, 0.717) is 47.5 Å². The molecule has 194 valence electrons. The van der Waals surface area contributed by atoms with Crippen molar-refractivity contribution in [2.24, 2.45) is 0 Å². The first-order chi connectivity index (χ1) is 18.6. The minimum atomic E-state index is 0.116. The molecule has 38 heavy (non-hydrogen) atoms. The number of ketones is 1.